The summed E-state index contributed by atoms with van der Waals surface area (Å²) in [5.41, 5.74) is 1.58. The summed E-state index contributed by atoms with van der Waals surface area (Å²) >= 11 is 3.53. The van der Waals surface area contributed by atoms with Crippen LogP contribution in [0.5, 0.6) is 0 Å². The molecular formula is C16H19BrN2O3. The molecule has 0 bridgehead atoms. The van der Waals surface area contributed by atoms with Crippen molar-refractivity contribution in [2.75, 3.05) is 26.8 Å². The summed E-state index contributed by atoms with van der Waals surface area (Å²) in [6, 6.07) is 5.74. The molecule has 2 aromatic rings. The van der Waals surface area contributed by atoms with Crippen molar-refractivity contribution in [3.8, 4) is 0 Å². The van der Waals surface area contributed by atoms with Crippen LogP contribution in [0.4, 0.5) is 0 Å². The van der Waals surface area contributed by atoms with Gasteiger partial charge < -0.3 is 19.4 Å². The summed E-state index contributed by atoms with van der Waals surface area (Å²) in [6.07, 6.45) is 3.24. The number of hydrogen-bond donors (Lipinski definition) is 1. The molecular weight excluding hydrogens is 348 g/mol. The summed E-state index contributed by atoms with van der Waals surface area (Å²) in [5, 5.41) is 4.43. The number of ether oxygens (including phenoxy) is 2. The first-order chi connectivity index (χ1) is 10.7. The van der Waals surface area contributed by atoms with E-state index in [1.54, 1.807) is 6.07 Å². The van der Waals surface area contributed by atoms with Gasteiger partial charge in [-0.05, 0) is 24.6 Å². The van der Waals surface area contributed by atoms with E-state index in [1.165, 1.54) is 7.11 Å². The lowest BCUT2D eigenvalue weighted by molar-refractivity contribution is 0.0212. The van der Waals surface area contributed by atoms with Crippen molar-refractivity contribution in [1.82, 2.24) is 9.88 Å². The normalized spacial score (nSPS) is 18.5. The summed E-state index contributed by atoms with van der Waals surface area (Å²) in [6.45, 7) is 3.46. The Bertz CT molecular complexity index is 677. The molecule has 118 valence electrons. The number of benzene rings is 1. The van der Waals surface area contributed by atoms with Crippen molar-refractivity contribution in [1.29, 1.82) is 0 Å². The minimum absolute atomic E-state index is 0.249. The minimum Gasteiger partial charge on any atom is -0.465 e. The molecule has 5 nitrogen and oxygen atoms in total. The molecule has 0 radical (unpaired) electrons. The standard InChI is InChI=1S/C16H19BrN2O3/c1-21-16(20)11-8-14(17)13-3-6-19(15(13)9-11)5-2-12-10-18-4-7-22-12/h3,6,8-9,12,18H,2,4-5,7,10H2,1H3. The fourth-order valence-corrected chi connectivity index (χ4v) is 3.35. The fourth-order valence-electron chi connectivity index (χ4n) is 2.77. The molecule has 0 amide bonds. The van der Waals surface area contributed by atoms with E-state index in [1.807, 2.05) is 12.3 Å². The third-order valence-corrected chi connectivity index (χ3v) is 4.61. The van der Waals surface area contributed by atoms with Crippen molar-refractivity contribution < 1.29 is 14.3 Å². The highest BCUT2D eigenvalue weighted by Gasteiger charge is 2.15. The van der Waals surface area contributed by atoms with Crippen LogP contribution >= 0.6 is 15.9 Å². The fraction of sp³-hybridized carbons (Fsp3) is 0.438. The highest BCUT2D eigenvalue weighted by molar-refractivity contribution is 9.10. The maximum atomic E-state index is 11.8. The number of carbonyl (C=O) groups is 1. The first-order valence-electron chi connectivity index (χ1n) is 7.38. The maximum Gasteiger partial charge on any atom is 0.337 e. The Morgan fingerprint density at radius 1 is 1.55 bits per heavy atom. The molecule has 1 aromatic carbocycles. The number of nitrogens with zero attached hydrogens (tertiary/aromatic N) is 1. The molecule has 0 aliphatic carbocycles. The Balaban J connectivity index is 1.83. The molecule has 1 fully saturated rings. The first kappa shape index (κ1) is 15.5. The van der Waals surface area contributed by atoms with E-state index in [0.29, 0.717) is 5.56 Å². The van der Waals surface area contributed by atoms with Crippen LogP contribution in [0.15, 0.2) is 28.9 Å². The third-order valence-electron chi connectivity index (χ3n) is 3.96. The van der Waals surface area contributed by atoms with Gasteiger partial charge in [-0.15, -0.1) is 0 Å². The van der Waals surface area contributed by atoms with E-state index >= 15 is 0 Å². The second-order valence-electron chi connectivity index (χ2n) is 5.38. The van der Waals surface area contributed by atoms with Crippen LogP contribution in [0.1, 0.15) is 16.8 Å². The number of fused-ring (bicyclic) bond motifs is 1. The SMILES string of the molecule is COC(=O)c1cc(Br)c2ccn(CCC3CNCCO3)c2c1. The van der Waals surface area contributed by atoms with E-state index < -0.39 is 0 Å². The molecule has 0 spiro atoms. The van der Waals surface area contributed by atoms with Crippen molar-refractivity contribution in [3.05, 3.63) is 34.4 Å². The maximum absolute atomic E-state index is 11.8. The van der Waals surface area contributed by atoms with Gasteiger partial charge in [0.15, 0.2) is 0 Å². The average Bonchev–Trinajstić information content (AvgIpc) is 2.96. The molecule has 1 aliphatic heterocycles. The first-order valence-corrected chi connectivity index (χ1v) is 8.17. The summed E-state index contributed by atoms with van der Waals surface area (Å²) < 4.78 is 13.6. The smallest absolute Gasteiger partial charge is 0.337 e. The number of hydrogen-bond acceptors (Lipinski definition) is 4. The predicted octanol–water partition coefficient (Wildman–Crippen LogP) is 2.57. The highest BCUT2D eigenvalue weighted by Crippen LogP contribution is 2.27. The van der Waals surface area contributed by atoms with Crippen LogP contribution in [0.3, 0.4) is 0 Å². The third kappa shape index (κ3) is 3.19. The zero-order chi connectivity index (χ0) is 15.5. The Morgan fingerprint density at radius 2 is 2.41 bits per heavy atom. The summed E-state index contributed by atoms with van der Waals surface area (Å²) in [5.74, 6) is -0.324. The van der Waals surface area contributed by atoms with Gasteiger partial charge in [0.05, 0.1) is 25.4 Å². The van der Waals surface area contributed by atoms with Gasteiger partial charge in [0, 0.05) is 41.2 Å². The Kier molecular flexibility index (Phi) is 4.81. The number of rotatable bonds is 4. The Morgan fingerprint density at radius 3 is 3.14 bits per heavy atom. The van der Waals surface area contributed by atoms with Gasteiger partial charge in [-0.1, -0.05) is 15.9 Å². The van der Waals surface area contributed by atoms with Crippen molar-refractivity contribution in [3.63, 3.8) is 0 Å². The number of halogens is 1. The van der Waals surface area contributed by atoms with Crippen molar-refractivity contribution in [2.24, 2.45) is 0 Å². The molecule has 3 rings (SSSR count). The van der Waals surface area contributed by atoms with Crippen LogP contribution in [-0.2, 0) is 16.0 Å². The topological polar surface area (TPSA) is 52.5 Å². The van der Waals surface area contributed by atoms with Gasteiger partial charge in [-0.3, -0.25) is 0 Å². The molecule has 1 atom stereocenters. The molecule has 1 N–H and O–H groups in total. The van der Waals surface area contributed by atoms with Crippen LogP contribution in [0, 0.1) is 0 Å². The summed E-state index contributed by atoms with van der Waals surface area (Å²) in [4.78, 5) is 11.8. The van der Waals surface area contributed by atoms with E-state index in [9.17, 15) is 4.79 Å². The van der Waals surface area contributed by atoms with Gasteiger partial charge in [-0.2, -0.15) is 0 Å². The van der Waals surface area contributed by atoms with E-state index in [-0.39, 0.29) is 12.1 Å². The van der Waals surface area contributed by atoms with E-state index in [0.717, 1.165) is 48.0 Å². The highest BCUT2D eigenvalue weighted by atomic mass is 79.9. The van der Waals surface area contributed by atoms with E-state index in [4.69, 9.17) is 9.47 Å². The zero-order valence-corrected chi connectivity index (χ0v) is 14.1. The largest absolute Gasteiger partial charge is 0.465 e. The molecule has 1 unspecified atom stereocenters. The quantitative estimate of drug-likeness (QED) is 0.844. The number of aryl methyl sites for hydroxylation is 1. The van der Waals surface area contributed by atoms with Gasteiger partial charge in [0.1, 0.15) is 0 Å². The monoisotopic (exact) mass is 366 g/mol. The van der Waals surface area contributed by atoms with Crippen LogP contribution in [-0.4, -0.2) is 43.4 Å². The van der Waals surface area contributed by atoms with Crippen molar-refractivity contribution >= 4 is 32.8 Å². The molecule has 1 aliphatic rings. The van der Waals surface area contributed by atoms with Gasteiger partial charge in [-0.25, -0.2) is 4.79 Å². The lowest BCUT2D eigenvalue weighted by Crippen LogP contribution is -2.38. The van der Waals surface area contributed by atoms with Gasteiger partial charge in [0.25, 0.3) is 0 Å². The number of morpholine rings is 1. The molecule has 22 heavy (non-hydrogen) atoms. The van der Waals surface area contributed by atoms with Gasteiger partial charge >= 0.3 is 5.97 Å². The summed E-state index contributed by atoms with van der Waals surface area (Å²) in [7, 11) is 1.40. The molecule has 2 heterocycles. The van der Waals surface area contributed by atoms with Crippen molar-refractivity contribution in [2.45, 2.75) is 19.1 Å². The molecule has 1 saturated heterocycles. The number of nitrogens with one attached hydrogen (secondary N) is 1. The lowest BCUT2D eigenvalue weighted by Gasteiger charge is -2.23. The molecule has 6 heteroatoms. The number of esters is 1. The zero-order valence-electron chi connectivity index (χ0n) is 12.5. The molecule has 0 saturated carbocycles. The second-order valence-corrected chi connectivity index (χ2v) is 6.23. The minimum atomic E-state index is -0.324. The average molecular weight is 367 g/mol. The number of aromatic nitrogens is 1. The number of methoxy groups -OCH3 is 1. The van der Waals surface area contributed by atoms with E-state index in [2.05, 4.69) is 31.9 Å². The number of carbonyl (C=O) groups excluding carboxylic acids is 1. The predicted molar refractivity (Wildman–Crippen MR) is 88.2 cm³/mol. The Hall–Kier alpha value is -1.37. The lowest BCUT2D eigenvalue weighted by atomic mass is 10.1. The molecule has 1 aromatic heterocycles. The van der Waals surface area contributed by atoms with Crippen LogP contribution in [0.25, 0.3) is 10.9 Å². The van der Waals surface area contributed by atoms with Crippen LogP contribution in [0.2, 0.25) is 0 Å². The second kappa shape index (κ2) is 6.81. The Labute approximate surface area is 137 Å². The van der Waals surface area contributed by atoms with Gasteiger partial charge in [0.2, 0.25) is 0 Å². The van der Waals surface area contributed by atoms with Crippen LogP contribution < -0.4 is 5.32 Å².